The van der Waals surface area contributed by atoms with E-state index in [1.165, 1.54) is 29.5 Å². The van der Waals surface area contributed by atoms with Crippen LogP contribution in [-0.2, 0) is 19.3 Å². The number of hydrogen-bond acceptors (Lipinski definition) is 3. The highest BCUT2D eigenvalue weighted by Gasteiger charge is 2.25. The van der Waals surface area contributed by atoms with E-state index in [9.17, 15) is 0 Å². The molecule has 2 aromatic rings. The Bertz CT molecular complexity index is 682. The summed E-state index contributed by atoms with van der Waals surface area (Å²) in [6.45, 7) is 4.54. The molecule has 140 valence electrons. The zero-order valence-corrected chi connectivity index (χ0v) is 16.3. The summed E-state index contributed by atoms with van der Waals surface area (Å²) in [6.07, 6.45) is 5.77. The van der Waals surface area contributed by atoms with E-state index >= 15 is 0 Å². The molecule has 0 N–H and O–H groups in total. The summed E-state index contributed by atoms with van der Waals surface area (Å²) in [7, 11) is 3.50. The van der Waals surface area contributed by atoms with Crippen LogP contribution in [0.2, 0.25) is 0 Å². The van der Waals surface area contributed by atoms with Gasteiger partial charge in [0.2, 0.25) is 0 Å². The standard InChI is InChI=1S/C23H31NO2/c1-4-15-24(16-14-18-8-12-21(25-2)13-9-18)20-11-10-19-6-5-7-23(26-3)22(19)17-20/h5-9,12-13,20H,4,10-11,14-17H2,1-3H3. The van der Waals surface area contributed by atoms with Gasteiger partial charge in [-0.05, 0) is 73.5 Å². The molecule has 0 spiro atoms. The molecule has 1 aliphatic carbocycles. The maximum Gasteiger partial charge on any atom is 0.122 e. The van der Waals surface area contributed by atoms with Gasteiger partial charge in [0.1, 0.15) is 11.5 Å². The quantitative estimate of drug-likeness (QED) is 0.697. The van der Waals surface area contributed by atoms with Crippen LogP contribution in [0.1, 0.15) is 36.5 Å². The van der Waals surface area contributed by atoms with Crippen molar-refractivity contribution in [2.75, 3.05) is 27.3 Å². The number of aryl methyl sites for hydroxylation is 1. The van der Waals surface area contributed by atoms with Crippen LogP contribution in [0, 0.1) is 0 Å². The molecule has 0 saturated carbocycles. The van der Waals surface area contributed by atoms with Crippen molar-refractivity contribution < 1.29 is 9.47 Å². The maximum atomic E-state index is 5.62. The van der Waals surface area contributed by atoms with Crippen LogP contribution >= 0.6 is 0 Å². The summed E-state index contributed by atoms with van der Waals surface area (Å²) in [6, 6.07) is 15.6. The molecule has 2 aromatic carbocycles. The van der Waals surface area contributed by atoms with Crippen LogP contribution in [-0.4, -0.2) is 38.3 Å². The van der Waals surface area contributed by atoms with Crippen molar-refractivity contribution in [3.05, 3.63) is 59.2 Å². The minimum Gasteiger partial charge on any atom is -0.497 e. The summed E-state index contributed by atoms with van der Waals surface area (Å²) in [4.78, 5) is 2.68. The second-order valence-corrected chi connectivity index (χ2v) is 7.13. The summed E-state index contributed by atoms with van der Waals surface area (Å²) in [5.74, 6) is 1.98. The molecule has 3 heteroatoms. The average Bonchev–Trinajstić information content (AvgIpc) is 2.70. The topological polar surface area (TPSA) is 21.7 Å². The van der Waals surface area contributed by atoms with E-state index < -0.39 is 0 Å². The lowest BCUT2D eigenvalue weighted by Gasteiger charge is -2.35. The van der Waals surface area contributed by atoms with Gasteiger partial charge >= 0.3 is 0 Å². The first-order valence-corrected chi connectivity index (χ1v) is 9.77. The first-order valence-electron chi connectivity index (χ1n) is 9.77. The van der Waals surface area contributed by atoms with E-state index in [0.29, 0.717) is 6.04 Å². The molecule has 0 saturated heterocycles. The molecule has 1 unspecified atom stereocenters. The zero-order chi connectivity index (χ0) is 18.4. The Kier molecular flexibility index (Phi) is 6.56. The van der Waals surface area contributed by atoms with Gasteiger partial charge in [-0.25, -0.2) is 0 Å². The van der Waals surface area contributed by atoms with Crippen LogP contribution in [0.5, 0.6) is 11.5 Å². The molecule has 3 rings (SSSR count). The van der Waals surface area contributed by atoms with Crippen LogP contribution in [0.15, 0.2) is 42.5 Å². The Balaban J connectivity index is 1.67. The molecule has 0 bridgehead atoms. The zero-order valence-electron chi connectivity index (χ0n) is 16.3. The number of hydrogen-bond donors (Lipinski definition) is 0. The largest absolute Gasteiger partial charge is 0.497 e. The first-order chi connectivity index (χ1) is 12.7. The van der Waals surface area contributed by atoms with Gasteiger partial charge in [-0.3, -0.25) is 4.90 Å². The predicted octanol–water partition coefficient (Wildman–Crippen LogP) is 4.52. The number of rotatable bonds is 8. The summed E-state index contributed by atoms with van der Waals surface area (Å²) in [5.41, 5.74) is 4.25. The third-order valence-electron chi connectivity index (χ3n) is 5.51. The van der Waals surface area contributed by atoms with Crippen molar-refractivity contribution in [3.8, 4) is 11.5 Å². The number of benzene rings is 2. The second-order valence-electron chi connectivity index (χ2n) is 7.13. The predicted molar refractivity (Wildman–Crippen MR) is 107 cm³/mol. The monoisotopic (exact) mass is 353 g/mol. The summed E-state index contributed by atoms with van der Waals surface area (Å²) in [5, 5.41) is 0. The molecular weight excluding hydrogens is 322 g/mol. The van der Waals surface area contributed by atoms with E-state index in [1.807, 2.05) is 0 Å². The Hall–Kier alpha value is -2.00. The van der Waals surface area contributed by atoms with Gasteiger partial charge in [0, 0.05) is 12.6 Å². The lowest BCUT2D eigenvalue weighted by atomic mass is 9.86. The van der Waals surface area contributed by atoms with Crippen molar-refractivity contribution in [1.29, 1.82) is 0 Å². The van der Waals surface area contributed by atoms with Gasteiger partial charge in [-0.2, -0.15) is 0 Å². The molecule has 0 fully saturated rings. The molecule has 0 aliphatic heterocycles. The second kappa shape index (κ2) is 9.09. The molecular formula is C23H31NO2. The fourth-order valence-electron chi connectivity index (χ4n) is 4.07. The highest BCUT2D eigenvalue weighted by Crippen LogP contribution is 2.31. The molecule has 26 heavy (non-hydrogen) atoms. The van der Waals surface area contributed by atoms with Crippen LogP contribution in [0.3, 0.4) is 0 Å². The van der Waals surface area contributed by atoms with Crippen LogP contribution in [0.4, 0.5) is 0 Å². The minimum absolute atomic E-state index is 0.608. The van der Waals surface area contributed by atoms with Gasteiger partial charge in [-0.1, -0.05) is 31.2 Å². The van der Waals surface area contributed by atoms with Gasteiger partial charge in [0.05, 0.1) is 14.2 Å². The average molecular weight is 354 g/mol. The van der Waals surface area contributed by atoms with Gasteiger partial charge in [-0.15, -0.1) is 0 Å². The number of nitrogens with zero attached hydrogens (tertiary/aromatic N) is 1. The van der Waals surface area contributed by atoms with E-state index in [2.05, 4.69) is 54.3 Å². The highest BCUT2D eigenvalue weighted by atomic mass is 16.5. The number of methoxy groups -OCH3 is 2. The summed E-state index contributed by atoms with van der Waals surface area (Å²) < 4.78 is 10.9. The number of fused-ring (bicyclic) bond motifs is 1. The van der Waals surface area contributed by atoms with Gasteiger partial charge in [0.25, 0.3) is 0 Å². The SMILES string of the molecule is CCCN(CCc1ccc(OC)cc1)C1CCc2cccc(OC)c2C1. The van der Waals surface area contributed by atoms with Crippen molar-refractivity contribution in [1.82, 2.24) is 4.90 Å². The summed E-state index contributed by atoms with van der Waals surface area (Å²) >= 11 is 0. The Morgan fingerprint density at radius 1 is 1.00 bits per heavy atom. The molecule has 0 heterocycles. The minimum atomic E-state index is 0.608. The third kappa shape index (κ3) is 4.39. The Labute approximate surface area is 157 Å². The van der Waals surface area contributed by atoms with Crippen LogP contribution < -0.4 is 9.47 Å². The normalized spacial score (nSPS) is 16.4. The first kappa shape index (κ1) is 18.8. The van der Waals surface area contributed by atoms with Gasteiger partial charge in [0.15, 0.2) is 0 Å². The van der Waals surface area contributed by atoms with Gasteiger partial charge < -0.3 is 9.47 Å². The van der Waals surface area contributed by atoms with Crippen molar-refractivity contribution in [2.24, 2.45) is 0 Å². The third-order valence-corrected chi connectivity index (χ3v) is 5.51. The number of ether oxygens (including phenoxy) is 2. The molecule has 1 atom stereocenters. The lowest BCUT2D eigenvalue weighted by molar-refractivity contribution is 0.180. The molecule has 0 amide bonds. The molecule has 0 radical (unpaired) electrons. The van der Waals surface area contributed by atoms with E-state index in [-0.39, 0.29) is 0 Å². The van der Waals surface area contributed by atoms with E-state index in [1.54, 1.807) is 14.2 Å². The Morgan fingerprint density at radius 2 is 1.81 bits per heavy atom. The molecule has 1 aliphatic rings. The fourth-order valence-corrected chi connectivity index (χ4v) is 4.07. The fraction of sp³-hybridized carbons (Fsp3) is 0.478. The van der Waals surface area contributed by atoms with Crippen LogP contribution in [0.25, 0.3) is 0 Å². The van der Waals surface area contributed by atoms with E-state index in [4.69, 9.17) is 9.47 Å². The molecule has 3 nitrogen and oxygen atoms in total. The maximum absolute atomic E-state index is 5.62. The van der Waals surface area contributed by atoms with Crippen molar-refractivity contribution >= 4 is 0 Å². The lowest BCUT2D eigenvalue weighted by Crippen LogP contribution is -2.41. The van der Waals surface area contributed by atoms with E-state index in [0.717, 1.165) is 43.9 Å². The van der Waals surface area contributed by atoms with Crippen molar-refractivity contribution in [3.63, 3.8) is 0 Å². The smallest absolute Gasteiger partial charge is 0.122 e. The van der Waals surface area contributed by atoms with Crippen molar-refractivity contribution in [2.45, 2.75) is 45.1 Å². The molecule has 0 aromatic heterocycles. The highest BCUT2D eigenvalue weighted by molar-refractivity contribution is 5.42. The Morgan fingerprint density at radius 3 is 2.50 bits per heavy atom.